The van der Waals surface area contributed by atoms with Crippen molar-refractivity contribution in [3.8, 4) is 28.1 Å². The van der Waals surface area contributed by atoms with Crippen molar-refractivity contribution in [3.05, 3.63) is 91.4 Å². The van der Waals surface area contributed by atoms with E-state index in [1.807, 2.05) is 29.3 Å². The Kier molecular flexibility index (Phi) is 9.82. The van der Waals surface area contributed by atoms with Crippen LogP contribution in [0.1, 0.15) is 45.8 Å². The van der Waals surface area contributed by atoms with Gasteiger partial charge in [0.15, 0.2) is 5.69 Å². The number of carbonyl (C=O) groups is 1. The molecule has 10 nitrogen and oxygen atoms in total. The van der Waals surface area contributed by atoms with Crippen LogP contribution in [0.2, 0.25) is 15.1 Å². The van der Waals surface area contributed by atoms with E-state index in [-0.39, 0.29) is 25.7 Å². The van der Waals surface area contributed by atoms with Crippen molar-refractivity contribution < 1.29 is 17.9 Å². The van der Waals surface area contributed by atoms with Crippen LogP contribution < -0.4 is 10.1 Å². The lowest BCUT2D eigenvalue weighted by atomic mass is 10.1. The SMILES string of the molecule is O=C(NN1CCCCC1)c1nn(-c2ccc(Cl)cc2Cl)c(-c2ccc(C#Cc3ccc(Cl)cc3)s2)c1CNS(=O)(=O)N1COC1. The van der Waals surface area contributed by atoms with E-state index < -0.39 is 16.1 Å². The number of ether oxygens (including phenoxy) is 1. The van der Waals surface area contributed by atoms with Gasteiger partial charge < -0.3 is 4.74 Å². The minimum atomic E-state index is -3.89. The number of thiophene rings is 1. The molecule has 1 amide bonds. The number of hydrogen-bond donors (Lipinski definition) is 2. The van der Waals surface area contributed by atoms with E-state index in [1.165, 1.54) is 11.3 Å². The Labute approximate surface area is 280 Å². The van der Waals surface area contributed by atoms with Gasteiger partial charge in [-0.3, -0.25) is 10.2 Å². The first kappa shape index (κ1) is 32.0. The van der Waals surface area contributed by atoms with Crippen molar-refractivity contribution in [1.82, 2.24) is 29.2 Å². The molecule has 2 N–H and O–H groups in total. The Hall–Kier alpha value is -2.96. The average molecular weight is 706 g/mol. The van der Waals surface area contributed by atoms with Gasteiger partial charge in [-0.15, -0.1) is 15.6 Å². The summed E-state index contributed by atoms with van der Waals surface area (Å²) in [6, 6.07) is 15.9. The number of hydrogen-bond acceptors (Lipinski definition) is 7. The molecule has 0 unspecified atom stereocenters. The van der Waals surface area contributed by atoms with Crippen molar-refractivity contribution in [1.29, 1.82) is 0 Å². The molecule has 2 aliphatic heterocycles. The van der Waals surface area contributed by atoms with Crippen molar-refractivity contribution in [3.63, 3.8) is 0 Å². The van der Waals surface area contributed by atoms with E-state index in [1.54, 1.807) is 35.0 Å². The van der Waals surface area contributed by atoms with Gasteiger partial charge in [-0.25, -0.2) is 9.69 Å². The molecule has 2 saturated heterocycles. The van der Waals surface area contributed by atoms with Gasteiger partial charge in [0.05, 0.1) is 26.2 Å². The summed E-state index contributed by atoms with van der Waals surface area (Å²) in [6.07, 6.45) is 3.01. The van der Waals surface area contributed by atoms with Crippen molar-refractivity contribution >= 4 is 62.3 Å². The summed E-state index contributed by atoms with van der Waals surface area (Å²) in [5, 5.41) is 7.96. The molecule has 234 valence electrons. The van der Waals surface area contributed by atoms with Gasteiger partial charge in [0, 0.05) is 40.8 Å². The van der Waals surface area contributed by atoms with Crippen LogP contribution in [0.3, 0.4) is 0 Å². The minimum absolute atomic E-state index is 0.0509. The number of nitrogens with one attached hydrogen (secondary N) is 2. The van der Waals surface area contributed by atoms with Gasteiger partial charge in [-0.05, 0) is 67.4 Å². The highest BCUT2D eigenvalue weighted by Crippen LogP contribution is 2.37. The maximum Gasteiger partial charge on any atom is 0.286 e. The number of nitrogens with zero attached hydrogens (tertiary/aromatic N) is 4. The first-order valence-corrected chi connectivity index (χ1v) is 17.4. The summed E-state index contributed by atoms with van der Waals surface area (Å²) in [5.41, 5.74) is 5.16. The van der Waals surface area contributed by atoms with Gasteiger partial charge in [-0.2, -0.15) is 18.2 Å². The summed E-state index contributed by atoms with van der Waals surface area (Å²) in [5.74, 6) is 5.85. The van der Waals surface area contributed by atoms with Crippen molar-refractivity contribution in [2.75, 3.05) is 26.6 Å². The first-order valence-electron chi connectivity index (χ1n) is 14.0. The molecule has 2 aromatic carbocycles. The molecule has 6 rings (SSSR count). The highest BCUT2D eigenvalue weighted by Gasteiger charge is 2.32. The number of aromatic nitrogens is 2. The fourth-order valence-corrected chi connectivity index (χ4v) is 7.31. The van der Waals surface area contributed by atoms with Crippen LogP contribution in [0, 0.1) is 11.8 Å². The molecule has 0 saturated carbocycles. The van der Waals surface area contributed by atoms with Gasteiger partial charge >= 0.3 is 0 Å². The normalized spacial score (nSPS) is 15.7. The van der Waals surface area contributed by atoms with Gasteiger partial charge in [-0.1, -0.05) is 53.1 Å². The molecule has 0 atom stereocenters. The second kappa shape index (κ2) is 13.8. The van der Waals surface area contributed by atoms with Crippen molar-refractivity contribution in [2.45, 2.75) is 25.8 Å². The molecular weight excluding hydrogens is 679 g/mol. The van der Waals surface area contributed by atoms with Crippen LogP contribution in [-0.2, 0) is 21.5 Å². The summed E-state index contributed by atoms with van der Waals surface area (Å²) >= 11 is 20.2. The lowest BCUT2D eigenvalue weighted by Gasteiger charge is -2.29. The Balaban J connectivity index is 1.45. The number of hydrazine groups is 1. The third kappa shape index (κ3) is 7.38. The quantitative estimate of drug-likeness (QED) is 0.229. The Bertz CT molecular complexity index is 1890. The monoisotopic (exact) mass is 704 g/mol. The average Bonchev–Trinajstić information content (AvgIpc) is 3.60. The molecule has 4 aromatic rings. The summed E-state index contributed by atoms with van der Waals surface area (Å²) < 4.78 is 36.3. The number of piperidine rings is 1. The highest BCUT2D eigenvalue weighted by molar-refractivity contribution is 7.87. The number of rotatable bonds is 8. The summed E-state index contributed by atoms with van der Waals surface area (Å²) in [4.78, 5) is 15.2. The fourth-order valence-electron chi connectivity index (χ4n) is 4.84. The van der Waals surface area contributed by atoms with Crippen LogP contribution in [0.25, 0.3) is 16.3 Å². The molecule has 0 radical (unpaired) electrons. The molecule has 0 aliphatic carbocycles. The third-order valence-electron chi connectivity index (χ3n) is 7.21. The fraction of sp³-hybridized carbons (Fsp3) is 0.267. The number of carbonyl (C=O) groups excluding carboxylic acids is 1. The second-order valence-corrected chi connectivity index (χ2v) is 14.5. The molecule has 0 bridgehead atoms. The highest BCUT2D eigenvalue weighted by atomic mass is 35.5. The van der Waals surface area contributed by atoms with Crippen LogP contribution in [0.15, 0.2) is 54.6 Å². The lowest BCUT2D eigenvalue weighted by Crippen LogP contribution is -2.49. The van der Waals surface area contributed by atoms with Gasteiger partial charge in [0.25, 0.3) is 16.1 Å². The molecular formula is C30H27Cl3N6O4S2. The van der Waals surface area contributed by atoms with E-state index >= 15 is 0 Å². The predicted octanol–water partition coefficient (Wildman–Crippen LogP) is 5.67. The molecule has 15 heteroatoms. The zero-order valence-electron chi connectivity index (χ0n) is 23.7. The summed E-state index contributed by atoms with van der Waals surface area (Å²) in [7, 11) is -3.89. The zero-order chi connectivity index (χ0) is 31.6. The number of amides is 1. The molecule has 2 aliphatic rings. The van der Waals surface area contributed by atoms with E-state index in [9.17, 15) is 13.2 Å². The molecule has 4 heterocycles. The Morgan fingerprint density at radius 1 is 0.956 bits per heavy atom. The largest absolute Gasteiger partial charge is 0.348 e. The third-order valence-corrected chi connectivity index (χ3v) is 10.4. The van der Waals surface area contributed by atoms with E-state index in [4.69, 9.17) is 44.6 Å². The summed E-state index contributed by atoms with van der Waals surface area (Å²) in [6.45, 7) is 1.10. The minimum Gasteiger partial charge on any atom is -0.348 e. The number of benzene rings is 2. The van der Waals surface area contributed by atoms with Crippen LogP contribution in [0.4, 0.5) is 0 Å². The standard InChI is InChI=1S/C30H27Cl3N6O4S2/c31-21-7-4-20(5-8-21)6-10-23-11-13-27(44-23)29-24(17-34-45(41,42)38-18-43-19-38)28(30(40)36-37-14-2-1-3-15-37)35-39(29)26-12-9-22(32)16-25(26)33/h4-5,7-9,11-13,16,34H,1-3,14-15,17-19H2,(H,36,40). The van der Waals surface area contributed by atoms with Gasteiger partial charge in [0.1, 0.15) is 13.5 Å². The molecule has 45 heavy (non-hydrogen) atoms. The predicted molar refractivity (Wildman–Crippen MR) is 176 cm³/mol. The maximum atomic E-state index is 13.8. The first-order chi connectivity index (χ1) is 21.7. The molecule has 0 spiro atoms. The van der Waals surface area contributed by atoms with Crippen molar-refractivity contribution in [2.24, 2.45) is 0 Å². The number of halogens is 3. The van der Waals surface area contributed by atoms with Gasteiger partial charge in [0.2, 0.25) is 0 Å². The van der Waals surface area contributed by atoms with Crippen LogP contribution in [-0.4, -0.2) is 60.0 Å². The van der Waals surface area contributed by atoms with E-state index in [0.717, 1.165) is 34.0 Å². The topological polar surface area (TPSA) is 109 Å². The van der Waals surface area contributed by atoms with E-state index in [2.05, 4.69) is 22.0 Å². The zero-order valence-corrected chi connectivity index (χ0v) is 27.6. The van der Waals surface area contributed by atoms with Crippen LogP contribution in [0.5, 0.6) is 0 Å². The molecule has 2 fully saturated rings. The Morgan fingerprint density at radius 3 is 2.38 bits per heavy atom. The lowest BCUT2D eigenvalue weighted by molar-refractivity contribution is -0.0885. The molecule has 2 aromatic heterocycles. The van der Waals surface area contributed by atoms with Crippen LogP contribution >= 0.6 is 46.1 Å². The van der Waals surface area contributed by atoms with E-state index in [0.29, 0.717) is 50.0 Å². The maximum absolute atomic E-state index is 13.8. The smallest absolute Gasteiger partial charge is 0.286 e. The second-order valence-electron chi connectivity index (χ2n) is 10.3. The Morgan fingerprint density at radius 2 is 1.69 bits per heavy atom.